The lowest BCUT2D eigenvalue weighted by Gasteiger charge is -2.37. The highest BCUT2D eigenvalue weighted by molar-refractivity contribution is 9.11. The van der Waals surface area contributed by atoms with E-state index in [-0.39, 0.29) is 6.04 Å². The summed E-state index contributed by atoms with van der Waals surface area (Å²) in [6, 6.07) is 15.7. The van der Waals surface area contributed by atoms with Crippen LogP contribution in [0.25, 0.3) is 0 Å². The van der Waals surface area contributed by atoms with Crippen LogP contribution in [0.1, 0.15) is 35.6 Å². The van der Waals surface area contributed by atoms with Gasteiger partial charge in [0.25, 0.3) is 0 Å². The second-order valence-corrected chi connectivity index (χ2v) is 8.65. The molecule has 7 heteroatoms. The molecular weight excluding hydrogens is 495 g/mol. The average Bonchev–Trinajstić information content (AvgIpc) is 3.32. The number of hydrazone groups is 1. The normalized spacial score (nSPS) is 20.7. The molecule has 0 unspecified atom stereocenters. The van der Waals surface area contributed by atoms with Crippen LogP contribution in [0.15, 0.2) is 73.3 Å². The summed E-state index contributed by atoms with van der Waals surface area (Å²) in [6.07, 6.45) is 2.01. The van der Waals surface area contributed by atoms with E-state index in [9.17, 15) is 0 Å². The topological polar surface area (TPSA) is 38.0 Å². The quantitative estimate of drug-likeness (QED) is 0.387. The summed E-state index contributed by atoms with van der Waals surface area (Å²) in [5.41, 5.74) is 3.15. The Kier molecular flexibility index (Phi) is 4.30. The fourth-order valence-corrected chi connectivity index (χ4v) is 5.03. The van der Waals surface area contributed by atoms with Gasteiger partial charge in [-0.3, -0.25) is 0 Å². The maximum Gasteiger partial charge on any atom is 0.246 e. The highest BCUT2D eigenvalue weighted by Crippen LogP contribution is 2.50. The van der Waals surface area contributed by atoms with Crippen molar-refractivity contribution in [2.75, 3.05) is 0 Å². The van der Waals surface area contributed by atoms with Crippen molar-refractivity contribution in [2.45, 2.75) is 18.7 Å². The molecule has 3 aromatic rings. The molecule has 1 aromatic heterocycles. The summed E-state index contributed by atoms with van der Waals surface area (Å²) < 4.78 is 13.9. The Morgan fingerprint density at radius 1 is 1.11 bits per heavy atom. The minimum Gasteiger partial charge on any atom is -0.463 e. The van der Waals surface area contributed by atoms with E-state index in [0.29, 0.717) is 5.02 Å². The second kappa shape index (κ2) is 6.69. The van der Waals surface area contributed by atoms with Crippen LogP contribution in [0, 0.1) is 0 Å². The minimum absolute atomic E-state index is 0.0586. The fourth-order valence-electron chi connectivity index (χ4n) is 3.55. The highest BCUT2D eigenvalue weighted by atomic mass is 79.9. The van der Waals surface area contributed by atoms with Crippen molar-refractivity contribution >= 4 is 49.2 Å². The Bertz CT molecular complexity index is 1030. The fraction of sp³-hybridized carbons (Fsp3) is 0.150. The maximum absolute atomic E-state index is 6.32. The van der Waals surface area contributed by atoms with Crippen molar-refractivity contribution in [3.8, 4) is 5.75 Å². The van der Waals surface area contributed by atoms with Gasteiger partial charge in [0.15, 0.2) is 5.76 Å². The summed E-state index contributed by atoms with van der Waals surface area (Å²) in [5.74, 6) is 1.55. The summed E-state index contributed by atoms with van der Waals surface area (Å²) in [7, 11) is 0. The molecule has 2 aliphatic heterocycles. The van der Waals surface area contributed by atoms with Crippen LogP contribution in [0.4, 0.5) is 0 Å². The number of ether oxygens (including phenoxy) is 1. The number of hydrogen-bond donors (Lipinski definition) is 0. The van der Waals surface area contributed by atoms with Gasteiger partial charge in [-0.25, -0.2) is 5.01 Å². The van der Waals surface area contributed by atoms with Gasteiger partial charge >= 0.3 is 0 Å². The zero-order valence-electron chi connectivity index (χ0n) is 13.9. The lowest BCUT2D eigenvalue weighted by Crippen LogP contribution is -2.33. The van der Waals surface area contributed by atoms with Crippen molar-refractivity contribution < 1.29 is 9.15 Å². The van der Waals surface area contributed by atoms with Crippen LogP contribution >= 0.6 is 43.5 Å². The van der Waals surface area contributed by atoms with Crippen LogP contribution in [0.2, 0.25) is 5.02 Å². The van der Waals surface area contributed by atoms with Crippen LogP contribution in [0.5, 0.6) is 5.75 Å². The van der Waals surface area contributed by atoms with Crippen LogP contribution in [0.3, 0.4) is 0 Å². The first-order valence-electron chi connectivity index (χ1n) is 8.41. The number of benzene rings is 2. The second-order valence-electron chi connectivity index (χ2n) is 6.45. The van der Waals surface area contributed by atoms with Gasteiger partial charge in [0.2, 0.25) is 6.23 Å². The molecule has 0 fully saturated rings. The molecular formula is C20H13Br2ClN2O2. The largest absolute Gasteiger partial charge is 0.463 e. The molecule has 5 rings (SSSR count). The third kappa shape index (κ3) is 3.00. The number of furan rings is 1. The Labute approximate surface area is 178 Å². The van der Waals surface area contributed by atoms with E-state index in [0.717, 1.165) is 43.7 Å². The van der Waals surface area contributed by atoms with Crippen molar-refractivity contribution in [1.82, 2.24) is 5.01 Å². The third-order valence-electron chi connectivity index (χ3n) is 4.77. The van der Waals surface area contributed by atoms with Crippen LogP contribution < -0.4 is 4.74 Å². The highest BCUT2D eigenvalue weighted by Gasteiger charge is 2.43. The summed E-state index contributed by atoms with van der Waals surface area (Å²) in [5, 5.41) is 7.60. The first-order valence-corrected chi connectivity index (χ1v) is 10.4. The van der Waals surface area contributed by atoms with Crippen molar-refractivity contribution in [3.05, 3.63) is 85.6 Å². The Balaban J connectivity index is 1.62. The monoisotopic (exact) mass is 506 g/mol. The standard InChI is InChI=1S/C20H13Br2ClN2O2/c21-12-8-14-17-10-16(11-3-5-13(23)6-4-11)24-25(17)20(18-2-1-7-26-18)27-19(14)15(22)9-12/h1-9,17,20H,10H2/t17-,20+/m1/s1. The van der Waals surface area contributed by atoms with Crippen molar-refractivity contribution in [2.24, 2.45) is 5.10 Å². The van der Waals surface area contributed by atoms with Gasteiger partial charge in [0.05, 0.1) is 22.5 Å². The predicted octanol–water partition coefficient (Wildman–Crippen LogP) is 6.70. The van der Waals surface area contributed by atoms with Crippen LogP contribution in [-0.4, -0.2) is 10.7 Å². The van der Waals surface area contributed by atoms with Gasteiger partial charge in [-0.2, -0.15) is 5.10 Å². The summed E-state index contributed by atoms with van der Waals surface area (Å²) in [4.78, 5) is 0. The van der Waals surface area contributed by atoms with Gasteiger partial charge in [-0.05, 0) is 57.9 Å². The van der Waals surface area contributed by atoms with E-state index >= 15 is 0 Å². The molecule has 0 spiro atoms. The summed E-state index contributed by atoms with van der Waals surface area (Å²) >= 11 is 13.3. The van der Waals surface area contributed by atoms with E-state index in [1.807, 2.05) is 47.5 Å². The van der Waals surface area contributed by atoms with E-state index in [2.05, 4.69) is 37.9 Å². The molecule has 4 nitrogen and oxygen atoms in total. The van der Waals surface area contributed by atoms with E-state index in [4.69, 9.17) is 25.9 Å². The summed E-state index contributed by atoms with van der Waals surface area (Å²) in [6.45, 7) is 0. The smallest absolute Gasteiger partial charge is 0.246 e. The van der Waals surface area contributed by atoms with Crippen molar-refractivity contribution in [1.29, 1.82) is 0 Å². The minimum atomic E-state index is -0.417. The lowest BCUT2D eigenvalue weighted by atomic mass is 9.96. The van der Waals surface area contributed by atoms with Gasteiger partial charge < -0.3 is 9.15 Å². The molecule has 0 saturated heterocycles. The molecule has 3 heterocycles. The maximum atomic E-state index is 6.32. The molecule has 0 saturated carbocycles. The average molecular weight is 509 g/mol. The van der Waals surface area contributed by atoms with Crippen molar-refractivity contribution in [3.63, 3.8) is 0 Å². The Hall–Kier alpha value is -1.76. The zero-order valence-corrected chi connectivity index (χ0v) is 17.8. The number of rotatable bonds is 2. The molecule has 0 radical (unpaired) electrons. The van der Waals surface area contributed by atoms with E-state index in [1.54, 1.807) is 6.26 Å². The number of nitrogens with zero attached hydrogens (tertiary/aromatic N) is 2. The Morgan fingerprint density at radius 2 is 1.93 bits per heavy atom. The third-order valence-corrected chi connectivity index (χ3v) is 6.07. The first-order chi connectivity index (χ1) is 13.1. The van der Waals surface area contributed by atoms with Gasteiger partial charge in [0.1, 0.15) is 5.75 Å². The number of halogens is 3. The SMILES string of the molecule is Clc1ccc(C2=NN3[C@H](C2)c2cc(Br)cc(Br)c2O[C@H]3c2ccco2)cc1. The van der Waals surface area contributed by atoms with Gasteiger partial charge in [0, 0.05) is 21.5 Å². The molecule has 0 amide bonds. The molecule has 27 heavy (non-hydrogen) atoms. The molecule has 136 valence electrons. The zero-order chi connectivity index (χ0) is 18.5. The number of fused-ring (bicyclic) bond motifs is 3. The molecule has 0 N–H and O–H groups in total. The Morgan fingerprint density at radius 3 is 2.67 bits per heavy atom. The molecule has 2 aliphatic rings. The predicted molar refractivity (Wildman–Crippen MR) is 111 cm³/mol. The van der Waals surface area contributed by atoms with Gasteiger partial charge in [-0.15, -0.1) is 0 Å². The lowest BCUT2D eigenvalue weighted by molar-refractivity contribution is -0.0331. The van der Waals surface area contributed by atoms with E-state index in [1.165, 1.54) is 0 Å². The molecule has 2 atom stereocenters. The van der Waals surface area contributed by atoms with E-state index < -0.39 is 6.23 Å². The van der Waals surface area contributed by atoms with Gasteiger partial charge in [-0.1, -0.05) is 39.7 Å². The van der Waals surface area contributed by atoms with Crippen LogP contribution in [-0.2, 0) is 0 Å². The number of hydrogen-bond acceptors (Lipinski definition) is 4. The molecule has 2 aromatic carbocycles. The first kappa shape index (κ1) is 17.3. The molecule has 0 aliphatic carbocycles. The molecule has 0 bridgehead atoms.